The van der Waals surface area contributed by atoms with E-state index in [0.717, 1.165) is 30.6 Å². The van der Waals surface area contributed by atoms with Crippen molar-refractivity contribution in [2.45, 2.75) is 32.2 Å². The van der Waals surface area contributed by atoms with Gasteiger partial charge in [0.1, 0.15) is 11.3 Å². The molecular formula is C16H19NO. The van der Waals surface area contributed by atoms with Crippen molar-refractivity contribution >= 4 is 11.0 Å². The van der Waals surface area contributed by atoms with Gasteiger partial charge in [-0.2, -0.15) is 0 Å². The third-order valence-electron chi connectivity index (χ3n) is 3.05. The van der Waals surface area contributed by atoms with E-state index in [0.29, 0.717) is 12.6 Å². The number of para-hydroxylation sites is 1. The maximum Gasteiger partial charge on any atom is 0.134 e. The first-order valence-corrected chi connectivity index (χ1v) is 6.47. The molecule has 1 atom stereocenters. The molecule has 94 valence electrons. The molecule has 0 fully saturated rings. The molecular weight excluding hydrogens is 222 g/mol. The van der Waals surface area contributed by atoms with Crippen molar-refractivity contribution in [3.05, 3.63) is 36.1 Å². The molecule has 18 heavy (non-hydrogen) atoms. The van der Waals surface area contributed by atoms with Gasteiger partial charge in [0, 0.05) is 17.8 Å². The summed E-state index contributed by atoms with van der Waals surface area (Å²) in [6.45, 7) is 2.80. The molecule has 1 aromatic carbocycles. The van der Waals surface area contributed by atoms with Gasteiger partial charge in [0.25, 0.3) is 0 Å². The van der Waals surface area contributed by atoms with Gasteiger partial charge in [-0.15, -0.1) is 6.42 Å². The summed E-state index contributed by atoms with van der Waals surface area (Å²) in [6.07, 6.45) is 8.44. The van der Waals surface area contributed by atoms with Gasteiger partial charge in [0.15, 0.2) is 0 Å². The molecule has 0 aliphatic rings. The third kappa shape index (κ3) is 3.15. The molecule has 0 spiro atoms. The van der Waals surface area contributed by atoms with Crippen molar-refractivity contribution < 1.29 is 4.42 Å². The van der Waals surface area contributed by atoms with Crippen LogP contribution in [0.15, 0.2) is 34.7 Å². The molecule has 1 N–H and O–H groups in total. The van der Waals surface area contributed by atoms with Crippen LogP contribution in [0.2, 0.25) is 0 Å². The quantitative estimate of drug-likeness (QED) is 0.784. The highest BCUT2D eigenvalue weighted by atomic mass is 16.3. The molecule has 0 aliphatic carbocycles. The lowest BCUT2D eigenvalue weighted by molar-refractivity contribution is 0.447. The number of nitrogens with one attached hydrogen (secondary N) is 1. The van der Waals surface area contributed by atoms with Crippen molar-refractivity contribution in [2.75, 3.05) is 6.54 Å². The van der Waals surface area contributed by atoms with E-state index >= 15 is 0 Å². The van der Waals surface area contributed by atoms with Gasteiger partial charge in [0.2, 0.25) is 0 Å². The summed E-state index contributed by atoms with van der Waals surface area (Å²) in [5.41, 5.74) is 0.958. The minimum absolute atomic E-state index is 0.395. The van der Waals surface area contributed by atoms with Crippen LogP contribution in [0.1, 0.15) is 25.5 Å². The molecule has 0 saturated heterocycles. The van der Waals surface area contributed by atoms with Crippen LogP contribution >= 0.6 is 0 Å². The summed E-state index contributed by atoms with van der Waals surface area (Å²) in [5, 5.41) is 4.53. The maximum absolute atomic E-state index is 5.83. The van der Waals surface area contributed by atoms with E-state index in [4.69, 9.17) is 10.8 Å². The lowest BCUT2D eigenvalue weighted by atomic mass is 10.1. The van der Waals surface area contributed by atoms with Gasteiger partial charge in [-0.05, 0) is 18.6 Å². The van der Waals surface area contributed by atoms with E-state index in [-0.39, 0.29) is 0 Å². The van der Waals surface area contributed by atoms with Gasteiger partial charge in [-0.3, -0.25) is 0 Å². The van der Waals surface area contributed by atoms with E-state index in [9.17, 15) is 0 Å². The van der Waals surface area contributed by atoms with Crippen molar-refractivity contribution in [3.8, 4) is 12.3 Å². The molecule has 2 aromatic rings. The highest BCUT2D eigenvalue weighted by Gasteiger charge is 2.11. The molecule has 0 radical (unpaired) electrons. The molecule has 0 aliphatic heterocycles. The molecule has 0 amide bonds. The number of rotatable bonds is 6. The fourth-order valence-electron chi connectivity index (χ4n) is 2.21. The molecule has 2 nitrogen and oxygen atoms in total. The lowest BCUT2D eigenvalue weighted by Crippen LogP contribution is -2.31. The smallest absolute Gasteiger partial charge is 0.134 e. The first-order valence-electron chi connectivity index (χ1n) is 6.47. The van der Waals surface area contributed by atoms with Crippen molar-refractivity contribution in [1.29, 1.82) is 0 Å². The standard InChI is InChI=1S/C16H19NO/c1-3-7-14(17-10-4-2)12-15-11-13-8-5-6-9-16(13)18-15/h2,5-6,8-9,11,14,17H,3,7,10,12H2,1H3/t14-/m0/s1. The predicted octanol–water partition coefficient (Wildman–Crippen LogP) is 3.37. The number of terminal acetylenes is 1. The van der Waals surface area contributed by atoms with Crippen LogP contribution in [0.25, 0.3) is 11.0 Å². The minimum Gasteiger partial charge on any atom is -0.461 e. The van der Waals surface area contributed by atoms with E-state index < -0.39 is 0 Å². The summed E-state index contributed by atoms with van der Waals surface area (Å²) in [5.74, 6) is 3.65. The molecule has 0 saturated carbocycles. The molecule has 1 heterocycles. The van der Waals surface area contributed by atoms with Gasteiger partial charge in [-0.1, -0.05) is 37.5 Å². The number of hydrogen-bond donors (Lipinski definition) is 1. The summed E-state index contributed by atoms with van der Waals surface area (Å²) >= 11 is 0. The highest BCUT2D eigenvalue weighted by Crippen LogP contribution is 2.20. The van der Waals surface area contributed by atoms with Crippen LogP contribution in [-0.4, -0.2) is 12.6 Å². The van der Waals surface area contributed by atoms with Crippen molar-refractivity contribution in [2.24, 2.45) is 0 Å². The Kier molecular flexibility index (Phi) is 4.44. The Morgan fingerprint density at radius 1 is 1.39 bits per heavy atom. The van der Waals surface area contributed by atoms with E-state index in [1.165, 1.54) is 5.39 Å². The Labute approximate surface area is 108 Å². The third-order valence-corrected chi connectivity index (χ3v) is 3.05. The van der Waals surface area contributed by atoms with Crippen LogP contribution in [0, 0.1) is 12.3 Å². The number of hydrogen-bond acceptors (Lipinski definition) is 2. The first kappa shape index (κ1) is 12.7. The molecule has 1 aromatic heterocycles. The van der Waals surface area contributed by atoms with Crippen LogP contribution in [-0.2, 0) is 6.42 Å². The zero-order valence-electron chi connectivity index (χ0n) is 10.8. The number of fused-ring (bicyclic) bond motifs is 1. The zero-order valence-corrected chi connectivity index (χ0v) is 10.8. The van der Waals surface area contributed by atoms with Crippen molar-refractivity contribution in [3.63, 3.8) is 0 Å². The predicted molar refractivity (Wildman–Crippen MR) is 75.4 cm³/mol. The average molecular weight is 241 g/mol. The van der Waals surface area contributed by atoms with Crippen molar-refractivity contribution in [1.82, 2.24) is 5.32 Å². The van der Waals surface area contributed by atoms with Gasteiger partial charge in [0.05, 0.1) is 6.54 Å². The molecule has 0 unspecified atom stereocenters. The summed E-state index contributed by atoms with van der Waals surface area (Å²) < 4.78 is 5.83. The Bertz CT molecular complexity index is 502. The van der Waals surface area contributed by atoms with Gasteiger partial charge < -0.3 is 9.73 Å². The summed E-state index contributed by atoms with van der Waals surface area (Å²) in [6, 6.07) is 10.6. The number of benzene rings is 1. The molecule has 2 heteroatoms. The topological polar surface area (TPSA) is 25.2 Å². The highest BCUT2D eigenvalue weighted by molar-refractivity contribution is 5.77. The molecule has 2 rings (SSSR count). The fraction of sp³-hybridized carbons (Fsp3) is 0.375. The minimum atomic E-state index is 0.395. The Hall–Kier alpha value is -1.72. The first-order chi connectivity index (χ1) is 8.83. The van der Waals surface area contributed by atoms with Crippen LogP contribution < -0.4 is 5.32 Å². The summed E-state index contributed by atoms with van der Waals surface area (Å²) in [4.78, 5) is 0. The largest absolute Gasteiger partial charge is 0.461 e. The van der Waals surface area contributed by atoms with E-state index in [1.54, 1.807) is 0 Å². The Morgan fingerprint density at radius 2 is 2.22 bits per heavy atom. The van der Waals surface area contributed by atoms with Gasteiger partial charge >= 0.3 is 0 Å². The summed E-state index contributed by atoms with van der Waals surface area (Å²) in [7, 11) is 0. The van der Waals surface area contributed by atoms with E-state index in [2.05, 4.69) is 30.3 Å². The van der Waals surface area contributed by atoms with Crippen LogP contribution in [0.3, 0.4) is 0 Å². The Balaban J connectivity index is 2.07. The second-order valence-electron chi connectivity index (χ2n) is 4.53. The van der Waals surface area contributed by atoms with Gasteiger partial charge in [-0.25, -0.2) is 0 Å². The van der Waals surface area contributed by atoms with Crippen LogP contribution in [0.5, 0.6) is 0 Å². The second-order valence-corrected chi connectivity index (χ2v) is 4.53. The van der Waals surface area contributed by atoms with E-state index in [1.807, 2.05) is 18.2 Å². The maximum atomic E-state index is 5.83. The zero-order chi connectivity index (χ0) is 12.8. The normalized spacial score (nSPS) is 12.4. The monoisotopic (exact) mass is 241 g/mol. The van der Waals surface area contributed by atoms with Crippen LogP contribution in [0.4, 0.5) is 0 Å². The SMILES string of the molecule is C#CCN[C@@H](CCC)Cc1cc2ccccc2o1. The second kappa shape index (κ2) is 6.28. The Morgan fingerprint density at radius 3 is 2.94 bits per heavy atom. The lowest BCUT2D eigenvalue weighted by Gasteiger charge is -2.14. The number of furan rings is 1. The molecule has 0 bridgehead atoms. The average Bonchev–Trinajstić information content (AvgIpc) is 2.78. The fourth-order valence-corrected chi connectivity index (χ4v) is 2.21.